The molecular formula is C23H23NO7. The lowest BCUT2D eigenvalue weighted by Crippen LogP contribution is -2.52. The Hall–Kier alpha value is -3.39. The van der Waals surface area contributed by atoms with Crippen molar-refractivity contribution in [2.75, 3.05) is 19.6 Å². The van der Waals surface area contributed by atoms with E-state index >= 15 is 0 Å². The number of esters is 1. The first-order valence-electron chi connectivity index (χ1n) is 10.2. The third-order valence-electron chi connectivity index (χ3n) is 5.96. The molecule has 8 nitrogen and oxygen atoms in total. The maximum atomic E-state index is 13.2. The van der Waals surface area contributed by atoms with Crippen LogP contribution in [0.4, 0.5) is 0 Å². The van der Waals surface area contributed by atoms with Crippen molar-refractivity contribution in [2.24, 2.45) is 5.92 Å². The molecule has 2 N–H and O–H groups in total. The van der Waals surface area contributed by atoms with Crippen LogP contribution in [0.2, 0.25) is 0 Å². The molecule has 0 amide bonds. The fraction of sp³-hybridized carbons (Fsp3) is 0.348. The SMILES string of the molecule is O=C(O)C(=O)O.O=C(OC1CN2CCC1CC2)C1c2ccccc2Oc2ccccc21. The van der Waals surface area contributed by atoms with Crippen molar-refractivity contribution in [1.82, 2.24) is 4.90 Å². The van der Waals surface area contributed by atoms with Crippen LogP contribution in [0.1, 0.15) is 29.9 Å². The van der Waals surface area contributed by atoms with Gasteiger partial charge in [-0.25, -0.2) is 9.59 Å². The molecule has 2 bridgehead atoms. The number of carbonyl (C=O) groups excluding carboxylic acids is 1. The topological polar surface area (TPSA) is 113 Å². The van der Waals surface area contributed by atoms with Gasteiger partial charge in [0.1, 0.15) is 23.5 Å². The standard InChI is InChI=1S/C21H21NO3.C2H2O4/c23-21(25-19-13-22-11-9-14(19)10-12-22)20-15-5-1-3-7-17(15)24-18-8-4-2-6-16(18)20;3-1(4)2(5)6/h1-8,14,19-20H,9-13H2;(H,3,4)(H,5,6). The zero-order chi connectivity index (χ0) is 22.0. The van der Waals surface area contributed by atoms with E-state index in [0.717, 1.165) is 55.1 Å². The molecule has 8 heteroatoms. The van der Waals surface area contributed by atoms with Crippen LogP contribution in [0, 0.1) is 5.92 Å². The van der Waals surface area contributed by atoms with E-state index in [1.165, 1.54) is 0 Å². The molecule has 0 aromatic heterocycles. The lowest BCUT2D eigenvalue weighted by atomic mass is 9.85. The fourth-order valence-corrected chi connectivity index (χ4v) is 4.43. The van der Waals surface area contributed by atoms with E-state index in [2.05, 4.69) is 4.90 Å². The Labute approximate surface area is 179 Å². The Bertz CT molecular complexity index is 939. The number of para-hydroxylation sites is 2. The third-order valence-corrected chi connectivity index (χ3v) is 5.96. The van der Waals surface area contributed by atoms with Crippen LogP contribution < -0.4 is 4.74 Å². The van der Waals surface area contributed by atoms with Crippen LogP contribution in [0.15, 0.2) is 48.5 Å². The average Bonchev–Trinajstić information content (AvgIpc) is 2.78. The first-order chi connectivity index (χ1) is 14.9. The minimum absolute atomic E-state index is 0.0252. The number of aliphatic carboxylic acids is 2. The molecule has 2 aromatic carbocycles. The number of carboxylic acids is 2. The molecule has 2 aromatic rings. The molecule has 3 saturated heterocycles. The highest BCUT2D eigenvalue weighted by atomic mass is 16.5. The highest BCUT2D eigenvalue weighted by Crippen LogP contribution is 2.45. The Morgan fingerprint density at radius 3 is 1.84 bits per heavy atom. The molecule has 162 valence electrons. The van der Waals surface area contributed by atoms with Crippen LogP contribution in [0.5, 0.6) is 11.5 Å². The van der Waals surface area contributed by atoms with Crippen LogP contribution in [0.25, 0.3) is 0 Å². The third kappa shape index (κ3) is 4.39. The van der Waals surface area contributed by atoms with Crippen molar-refractivity contribution in [2.45, 2.75) is 24.9 Å². The van der Waals surface area contributed by atoms with E-state index < -0.39 is 17.9 Å². The number of nitrogens with zero attached hydrogens (tertiary/aromatic N) is 1. The van der Waals surface area contributed by atoms with Gasteiger partial charge in [0.05, 0.1) is 0 Å². The van der Waals surface area contributed by atoms with E-state index in [9.17, 15) is 4.79 Å². The summed E-state index contributed by atoms with van der Waals surface area (Å²) >= 11 is 0. The molecule has 0 aliphatic carbocycles. The number of piperidine rings is 3. The van der Waals surface area contributed by atoms with Gasteiger partial charge in [-0.15, -0.1) is 0 Å². The maximum absolute atomic E-state index is 13.2. The van der Waals surface area contributed by atoms with Crippen molar-refractivity contribution in [3.05, 3.63) is 59.7 Å². The summed E-state index contributed by atoms with van der Waals surface area (Å²) in [6.07, 6.45) is 2.30. The summed E-state index contributed by atoms with van der Waals surface area (Å²) in [5.41, 5.74) is 1.79. The van der Waals surface area contributed by atoms with E-state index in [-0.39, 0.29) is 12.1 Å². The van der Waals surface area contributed by atoms with Crippen LogP contribution in [-0.4, -0.2) is 58.8 Å². The molecule has 4 aliphatic rings. The Balaban J connectivity index is 0.000000342. The number of carbonyl (C=O) groups is 3. The molecule has 0 spiro atoms. The molecule has 0 radical (unpaired) electrons. The van der Waals surface area contributed by atoms with Crippen molar-refractivity contribution < 1.29 is 34.1 Å². The predicted molar refractivity (Wildman–Crippen MR) is 109 cm³/mol. The monoisotopic (exact) mass is 425 g/mol. The Kier molecular flexibility index (Phi) is 5.90. The first-order valence-corrected chi connectivity index (χ1v) is 10.2. The number of fused-ring (bicyclic) bond motifs is 5. The van der Waals surface area contributed by atoms with Crippen molar-refractivity contribution in [1.29, 1.82) is 0 Å². The quantitative estimate of drug-likeness (QED) is 0.558. The average molecular weight is 425 g/mol. The van der Waals surface area contributed by atoms with Crippen LogP contribution in [-0.2, 0) is 19.1 Å². The summed E-state index contributed by atoms with van der Waals surface area (Å²) in [5.74, 6) is -2.20. The fourth-order valence-electron chi connectivity index (χ4n) is 4.43. The van der Waals surface area contributed by atoms with Gasteiger partial charge in [0.25, 0.3) is 0 Å². The van der Waals surface area contributed by atoms with Gasteiger partial charge in [-0.05, 0) is 44.0 Å². The molecule has 4 heterocycles. The number of benzene rings is 2. The Morgan fingerprint density at radius 2 is 1.39 bits per heavy atom. The minimum Gasteiger partial charge on any atom is -0.473 e. The van der Waals surface area contributed by atoms with Gasteiger partial charge in [0, 0.05) is 17.7 Å². The molecule has 4 aliphatic heterocycles. The lowest BCUT2D eigenvalue weighted by Gasteiger charge is -2.44. The molecule has 1 unspecified atom stereocenters. The van der Waals surface area contributed by atoms with Crippen molar-refractivity contribution in [3.63, 3.8) is 0 Å². The van der Waals surface area contributed by atoms with E-state index in [0.29, 0.717) is 5.92 Å². The van der Waals surface area contributed by atoms with Gasteiger partial charge in [0.2, 0.25) is 0 Å². The van der Waals surface area contributed by atoms with Gasteiger partial charge in [-0.1, -0.05) is 36.4 Å². The normalized spacial score (nSPS) is 23.3. The van der Waals surface area contributed by atoms with E-state index in [1.807, 2.05) is 48.5 Å². The number of ether oxygens (including phenoxy) is 2. The second kappa shape index (κ2) is 8.77. The van der Waals surface area contributed by atoms with E-state index in [4.69, 9.17) is 29.3 Å². The zero-order valence-electron chi connectivity index (χ0n) is 16.8. The number of hydrogen-bond acceptors (Lipinski definition) is 6. The maximum Gasteiger partial charge on any atom is 0.414 e. The predicted octanol–water partition coefficient (Wildman–Crippen LogP) is 2.72. The summed E-state index contributed by atoms with van der Waals surface area (Å²) in [6.45, 7) is 3.16. The summed E-state index contributed by atoms with van der Waals surface area (Å²) in [6, 6.07) is 15.5. The van der Waals surface area contributed by atoms with Gasteiger partial charge >= 0.3 is 17.9 Å². The van der Waals surface area contributed by atoms with Gasteiger partial charge < -0.3 is 19.7 Å². The molecule has 0 saturated carbocycles. The van der Waals surface area contributed by atoms with Crippen LogP contribution >= 0.6 is 0 Å². The van der Waals surface area contributed by atoms with Gasteiger partial charge in [0.15, 0.2) is 0 Å². The van der Waals surface area contributed by atoms with Gasteiger partial charge in [-0.2, -0.15) is 0 Å². The zero-order valence-corrected chi connectivity index (χ0v) is 16.8. The number of hydrogen-bond donors (Lipinski definition) is 2. The molecular weight excluding hydrogens is 402 g/mol. The highest BCUT2D eigenvalue weighted by Gasteiger charge is 2.40. The molecule has 3 fully saturated rings. The minimum atomic E-state index is -1.82. The molecule has 6 rings (SSSR count). The molecule has 31 heavy (non-hydrogen) atoms. The summed E-state index contributed by atoms with van der Waals surface area (Å²) in [4.78, 5) is 33.8. The number of carboxylic acid groups (broad SMARTS) is 2. The Morgan fingerprint density at radius 1 is 0.871 bits per heavy atom. The largest absolute Gasteiger partial charge is 0.473 e. The van der Waals surface area contributed by atoms with Crippen LogP contribution in [0.3, 0.4) is 0 Å². The second-order valence-electron chi connectivity index (χ2n) is 7.83. The second-order valence-corrected chi connectivity index (χ2v) is 7.83. The summed E-state index contributed by atoms with van der Waals surface area (Å²) < 4.78 is 12.0. The van der Waals surface area contributed by atoms with Gasteiger partial charge in [-0.3, -0.25) is 9.69 Å². The smallest absolute Gasteiger partial charge is 0.414 e. The number of rotatable bonds is 2. The highest BCUT2D eigenvalue weighted by molar-refractivity contribution is 6.27. The first kappa shape index (κ1) is 20.9. The summed E-state index contributed by atoms with van der Waals surface area (Å²) in [7, 11) is 0. The van der Waals surface area contributed by atoms with Crippen molar-refractivity contribution in [3.8, 4) is 11.5 Å². The van der Waals surface area contributed by atoms with Crippen molar-refractivity contribution >= 4 is 17.9 Å². The van der Waals surface area contributed by atoms with E-state index in [1.54, 1.807) is 0 Å². The lowest BCUT2D eigenvalue weighted by molar-refractivity contribution is -0.159. The molecule has 1 atom stereocenters. The summed E-state index contributed by atoms with van der Waals surface area (Å²) in [5, 5.41) is 14.8.